The lowest BCUT2D eigenvalue weighted by Gasteiger charge is -2.30. The van der Waals surface area contributed by atoms with Crippen molar-refractivity contribution < 1.29 is 23.8 Å². The van der Waals surface area contributed by atoms with E-state index < -0.39 is 18.2 Å². The molecule has 0 radical (unpaired) electrons. The minimum Gasteiger partial charge on any atom is -0.453 e. The van der Waals surface area contributed by atoms with E-state index in [0.29, 0.717) is 18.0 Å². The summed E-state index contributed by atoms with van der Waals surface area (Å²) in [4.78, 5) is 23.6. The highest BCUT2D eigenvalue weighted by Gasteiger charge is 2.21. The summed E-state index contributed by atoms with van der Waals surface area (Å²) in [5.74, 6) is 0.000760. The zero-order valence-corrected chi connectivity index (χ0v) is 19.3. The second kappa shape index (κ2) is 14.9. The van der Waals surface area contributed by atoms with Crippen LogP contribution in [0, 0.1) is 5.92 Å². The zero-order valence-electron chi connectivity index (χ0n) is 18.5. The van der Waals surface area contributed by atoms with E-state index in [-0.39, 0.29) is 32.2 Å². The first-order chi connectivity index (χ1) is 14.7. The van der Waals surface area contributed by atoms with E-state index in [9.17, 15) is 19.1 Å². The number of anilines is 1. The van der Waals surface area contributed by atoms with E-state index in [4.69, 9.17) is 5.73 Å². The van der Waals surface area contributed by atoms with Gasteiger partial charge in [-0.2, -0.15) is 0 Å². The third kappa shape index (κ3) is 11.8. The molecule has 0 fully saturated rings. The van der Waals surface area contributed by atoms with Gasteiger partial charge in [0.2, 0.25) is 5.91 Å². The molecule has 176 valence electrons. The fraction of sp³-hybridized carbons (Fsp3) is 0.619. The molecule has 0 aliphatic carbocycles. The number of carbonyl (C=O) groups is 2. The van der Waals surface area contributed by atoms with Gasteiger partial charge in [-0.25, -0.2) is 13.5 Å². The highest BCUT2D eigenvalue weighted by molar-refractivity contribution is 7.97. The average Bonchev–Trinajstić information content (AvgIpc) is 2.75. The molecule has 1 aromatic rings. The quantitative estimate of drug-likeness (QED) is 0.250. The summed E-state index contributed by atoms with van der Waals surface area (Å²) in [5.41, 5.74) is 6.43. The first-order valence-electron chi connectivity index (χ1n) is 10.4. The van der Waals surface area contributed by atoms with Crippen LogP contribution in [0.15, 0.2) is 29.2 Å². The number of carbonyl (C=O) groups excluding carboxylic acids is 2. The Morgan fingerprint density at radius 1 is 1.19 bits per heavy atom. The third-order valence-corrected chi connectivity index (χ3v) is 5.76. The second-order valence-corrected chi connectivity index (χ2v) is 8.77. The van der Waals surface area contributed by atoms with E-state index in [1.165, 1.54) is 19.1 Å². The maximum absolute atomic E-state index is 14.3. The van der Waals surface area contributed by atoms with E-state index >= 15 is 0 Å². The standard InChI is InChI=1S/C21H35FN4O4S/c1-15(2)10-11-26(31-19-8-5-17(23)6-9-19)18(14-27)7-4-16(22)12-24-20(28)13-25-21(29)30-3/h5-6,8-9,15-16,18,27H,4,7,10-14,23H2,1-3H3,(H,24,28)(H,25,29). The van der Waals surface area contributed by atoms with Crippen LogP contribution in [-0.2, 0) is 9.53 Å². The molecule has 0 saturated carbocycles. The Labute approximate surface area is 188 Å². The van der Waals surface area contributed by atoms with Crippen molar-refractivity contribution in [1.82, 2.24) is 14.9 Å². The number of aliphatic hydroxyl groups excluding tert-OH is 1. The molecule has 0 aliphatic rings. The number of halogens is 1. The molecule has 31 heavy (non-hydrogen) atoms. The van der Waals surface area contributed by atoms with Crippen LogP contribution in [0.3, 0.4) is 0 Å². The van der Waals surface area contributed by atoms with Crippen LogP contribution in [0.5, 0.6) is 0 Å². The van der Waals surface area contributed by atoms with Gasteiger partial charge in [-0.05, 0) is 61.4 Å². The molecule has 0 aliphatic heterocycles. The van der Waals surface area contributed by atoms with E-state index in [2.05, 4.69) is 33.5 Å². The fourth-order valence-electron chi connectivity index (χ4n) is 2.67. The smallest absolute Gasteiger partial charge is 0.407 e. The number of nitrogens with two attached hydrogens (primary N) is 1. The number of rotatable bonds is 14. The number of ether oxygens (including phenoxy) is 1. The molecule has 2 unspecified atom stereocenters. The molecule has 5 N–H and O–H groups in total. The lowest BCUT2D eigenvalue weighted by Crippen LogP contribution is -2.40. The van der Waals surface area contributed by atoms with Crippen molar-refractivity contribution in [2.24, 2.45) is 5.92 Å². The summed E-state index contributed by atoms with van der Waals surface area (Å²) in [6, 6.07) is 7.27. The fourth-order valence-corrected chi connectivity index (χ4v) is 3.71. The van der Waals surface area contributed by atoms with E-state index in [0.717, 1.165) is 17.9 Å². The van der Waals surface area contributed by atoms with E-state index in [1.54, 1.807) is 0 Å². The highest BCUT2D eigenvalue weighted by atomic mass is 32.2. The number of hydrogen-bond acceptors (Lipinski definition) is 7. The lowest BCUT2D eigenvalue weighted by molar-refractivity contribution is -0.120. The minimum atomic E-state index is -1.26. The number of nitrogens with one attached hydrogen (secondary N) is 2. The largest absolute Gasteiger partial charge is 0.453 e. The van der Waals surface area contributed by atoms with Gasteiger partial charge in [-0.3, -0.25) is 4.79 Å². The van der Waals surface area contributed by atoms with Crippen LogP contribution < -0.4 is 16.4 Å². The van der Waals surface area contributed by atoms with Crippen molar-refractivity contribution >= 4 is 29.6 Å². The van der Waals surface area contributed by atoms with Gasteiger partial charge in [0.1, 0.15) is 6.17 Å². The van der Waals surface area contributed by atoms with Crippen LogP contribution in [0.4, 0.5) is 14.9 Å². The predicted octanol–water partition coefficient (Wildman–Crippen LogP) is 2.58. The molecule has 1 rings (SSSR count). The van der Waals surface area contributed by atoms with E-state index in [1.807, 2.05) is 24.3 Å². The number of amides is 2. The maximum atomic E-state index is 14.3. The molecule has 0 spiro atoms. The molecule has 1 aromatic carbocycles. The van der Waals surface area contributed by atoms with Gasteiger partial charge in [0.15, 0.2) is 0 Å². The lowest BCUT2D eigenvalue weighted by atomic mass is 10.1. The Morgan fingerprint density at radius 2 is 1.87 bits per heavy atom. The van der Waals surface area contributed by atoms with Gasteiger partial charge in [0, 0.05) is 29.7 Å². The van der Waals surface area contributed by atoms with Gasteiger partial charge in [-0.15, -0.1) is 0 Å². The van der Waals surface area contributed by atoms with Crippen LogP contribution >= 0.6 is 11.9 Å². The Hall–Kier alpha value is -2.04. The van der Waals surface area contributed by atoms with Crippen LogP contribution in [-0.4, -0.2) is 67.0 Å². The van der Waals surface area contributed by atoms with Crippen molar-refractivity contribution in [3.05, 3.63) is 24.3 Å². The number of benzene rings is 1. The van der Waals surface area contributed by atoms with Crippen LogP contribution in [0.25, 0.3) is 0 Å². The Morgan fingerprint density at radius 3 is 2.45 bits per heavy atom. The summed E-state index contributed by atoms with van der Waals surface area (Å²) in [7, 11) is 1.19. The number of alkyl carbamates (subject to hydrolysis) is 1. The van der Waals surface area contributed by atoms with Gasteiger partial charge >= 0.3 is 6.09 Å². The Kier molecular flexibility index (Phi) is 13.0. The third-order valence-electron chi connectivity index (χ3n) is 4.56. The molecule has 8 nitrogen and oxygen atoms in total. The van der Waals surface area contributed by atoms with Crippen molar-refractivity contribution in [1.29, 1.82) is 0 Å². The molecule has 0 bridgehead atoms. The summed E-state index contributed by atoms with van der Waals surface area (Å²) in [5, 5.41) is 14.6. The minimum absolute atomic E-state index is 0.0950. The predicted molar refractivity (Wildman–Crippen MR) is 121 cm³/mol. The average molecular weight is 459 g/mol. The number of methoxy groups -OCH3 is 1. The second-order valence-electron chi connectivity index (χ2n) is 7.64. The number of nitrogens with zero attached hydrogens (tertiary/aromatic N) is 1. The Bertz CT molecular complexity index is 663. The number of nitrogen functional groups attached to an aromatic ring is 1. The molecule has 0 saturated heterocycles. The number of aliphatic hydroxyl groups is 1. The summed E-state index contributed by atoms with van der Waals surface area (Å²) < 4.78 is 20.8. The van der Waals surface area contributed by atoms with Gasteiger partial charge in [0.05, 0.1) is 20.3 Å². The van der Waals surface area contributed by atoms with Crippen molar-refractivity contribution in [2.75, 3.05) is 39.1 Å². The molecular weight excluding hydrogens is 423 g/mol. The highest BCUT2D eigenvalue weighted by Crippen LogP contribution is 2.28. The number of hydrogen-bond donors (Lipinski definition) is 4. The normalized spacial score (nSPS) is 13.1. The molecule has 2 atom stereocenters. The Balaban J connectivity index is 2.56. The van der Waals surface area contributed by atoms with Crippen molar-refractivity contribution in [2.45, 2.75) is 50.2 Å². The summed E-state index contributed by atoms with van der Waals surface area (Å²) >= 11 is 1.53. The molecule has 0 aromatic heterocycles. The molecule has 2 amide bonds. The topological polar surface area (TPSA) is 117 Å². The first-order valence-corrected chi connectivity index (χ1v) is 11.2. The molecule has 0 heterocycles. The SMILES string of the molecule is COC(=O)NCC(=O)NCC(F)CCC(CO)N(CCC(C)C)Sc1ccc(N)cc1. The van der Waals surface area contributed by atoms with Crippen molar-refractivity contribution in [3.8, 4) is 0 Å². The molecular formula is C21H35FN4O4S. The van der Waals surface area contributed by atoms with Gasteiger partial charge < -0.3 is 26.2 Å². The van der Waals surface area contributed by atoms with Crippen molar-refractivity contribution in [3.63, 3.8) is 0 Å². The molecule has 10 heteroatoms. The monoisotopic (exact) mass is 458 g/mol. The van der Waals surface area contributed by atoms with Crippen LogP contribution in [0.1, 0.15) is 33.1 Å². The van der Waals surface area contributed by atoms with Gasteiger partial charge in [-0.1, -0.05) is 13.8 Å². The van der Waals surface area contributed by atoms with Crippen LogP contribution in [0.2, 0.25) is 0 Å². The maximum Gasteiger partial charge on any atom is 0.407 e. The summed E-state index contributed by atoms with van der Waals surface area (Å²) in [6.07, 6.45) is -0.409. The van der Waals surface area contributed by atoms with Gasteiger partial charge in [0.25, 0.3) is 0 Å². The first kappa shape index (κ1) is 27.0. The zero-order chi connectivity index (χ0) is 23.2. The summed E-state index contributed by atoms with van der Waals surface area (Å²) in [6.45, 7) is 4.49. The number of alkyl halides is 1.